The number of amides is 1. The summed E-state index contributed by atoms with van der Waals surface area (Å²) in [5, 5.41) is 13.8. The van der Waals surface area contributed by atoms with Gasteiger partial charge < -0.3 is 14.8 Å². The van der Waals surface area contributed by atoms with E-state index in [2.05, 4.69) is 5.32 Å². The molecule has 164 valence electrons. The third kappa shape index (κ3) is 3.83. The normalized spacial score (nSPS) is 26.5. The van der Waals surface area contributed by atoms with Crippen molar-refractivity contribution in [2.75, 3.05) is 0 Å². The van der Waals surface area contributed by atoms with Crippen molar-refractivity contribution in [3.05, 3.63) is 51.9 Å². The lowest BCUT2D eigenvalue weighted by molar-refractivity contribution is -0.211. The number of hydrogen-bond donors (Lipinski definition) is 2. The number of halogens is 4. The molecule has 2 aromatic heterocycles. The molecule has 1 aromatic carbocycles. The maximum absolute atomic E-state index is 12.6. The van der Waals surface area contributed by atoms with Gasteiger partial charge >= 0.3 is 6.18 Å². The van der Waals surface area contributed by atoms with Gasteiger partial charge in [0.15, 0.2) is 5.76 Å². The molecule has 31 heavy (non-hydrogen) atoms. The molecule has 1 amide bonds. The van der Waals surface area contributed by atoms with Gasteiger partial charge in [0.25, 0.3) is 5.91 Å². The minimum atomic E-state index is -4.84. The minimum absolute atomic E-state index is 0.0382. The van der Waals surface area contributed by atoms with Crippen LogP contribution in [0.4, 0.5) is 13.2 Å². The number of alkyl halides is 3. The fraction of sp³-hybridized carbons (Fsp3) is 0.429. The van der Waals surface area contributed by atoms with Gasteiger partial charge in [-0.1, -0.05) is 11.6 Å². The minimum Gasteiger partial charge on any atom is -0.453 e. The summed E-state index contributed by atoms with van der Waals surface area (Å²) in [6, 6.07) is 7.79. The highest BCUT2D eigenvalue weighted by atomic mass is 35.5. The van der Waals surface area contributed by atoms with Crippen LogP contribution >= 0.6 is 22.9 Å². The van der Waals surface area contributed by atoms with Gasteiger partial charge in [-0.15, -0.1) is 11.3 Å². The van der Waals surface area contributed by atoms with Crippen molar-refractivity contribution in [3.8, 4) is 0 Å². The monoisotopic (exact) mass is 470 g/mol. The maximum atomic E-state index is 12.6. The van der Waals surface area contributed by atoms with Crippen LogP contribution in [-0.4, -0.2) is 28.2 Å². The van der Waals surface area contributed by atoms with Gasteiger partial charge in [0.1, 0.15) is 5.76 Å². The maximum Gasteiger partial charge on any atom is 0.421 e. The van der Waals surface area contributed by atoms with Crippen LogP contribution in [0, 0.1) is 5.41 Å². The third-order valence-electron chi connectivity index (χ3n) is 6.20. The Morgan fingerprint density at radius 2 is 2.00 bits per heavy atom. The molecule has 2 aliphatic rings. The molecule has 1 unspecified atom stereocenters. The van der Waals surface area contributed by atoms with Crippen LogP contribution < -0.4 is 5.32 Å². The molecular formula is C21H18ClF3N2O3S. The summed E-state index contributed by atoms with van der Waals surface area (Å²) in [4.78, 5) is 17.0. The zero-order chi connectivity index (χ0) is 22.0. The number of fused-ring (bicyclic) bond motifs is 1. The van der Waals surface area contributed by atoms with E-state index >= 15 is 0 Å². The average Bonchev–Trinajstić information content (AvgIpc) is 3.27. The predicted octanol–water partition coefficient (Wildman–Crippen LogP) is 5.59. The van der Waals surface area contributed by atoms with Gasteiger partial charge in [0.2, 0.25) is 6.10 Å². The first kappa shape index (κ1) is 20.8. The first-order chi connectivity index (χ1) is 14.6. The summed E-state index contributed by atoms with van der Waals surface area (Å²) in [7, 11) is 0. The van der Waals surface area contributed by atoms with Crippen molar-refractivity contribution < 1.29 is 27.5 Å². The van der Waals surface area contributed by atoms with E-state index in [1.54, 1.807) is 11.3 Å². The molecule has 5 rings (SSSR count). The second-order valence-electron chi connectivity index (χ2n) is 8.49. The van der Waals surface area contributed by atoms with Gasteiger partial charge in [-0.2, -0.15) is 13.2 Å². The lowest BCUT2D eigenvalue weighted by Crippen LogP contribution is -2.55. The number of aromatic nitrogens is 1. The van der Waals surface area contributed by atoms with E-state index in [0.717, 1.165) is 53.0 Å². The molecule has 2 N–H and O–H groups in total. The molecule has 1 atom stereocenters. The SMILES string of the molecule is O=C(NC1CC2(C1)CC(c1nc3cc(Cl)ccc3s1)C2)c1ccc(C(O)C(F)(F)F)o1. The van der Waals surface area contributed by atoms with Gasteiger partial charge in [-0.3, -0.25) is 4.79 Å². The number of carbonyl (C=O) groups is 1. The Balaban J connectivity index is 1.14. The number of carbonyl (C=O) groups excluding carboxylic acids is 1. The van der Waals surface area contributed by atoms with Crippen molar-refractivity contribution in [1.82, 2.24) is 10.3 Å². The second-order valence-corrected chi connectivity index (χ2v) is 9.99. The Kier molecular flexibility index (Phi) is 4.84. The van der Waals surface area contributed by atoms with Gasteiger partial charge in [-0.05, 0) is 61.4 Å². The lowest BCUT2D eigenvalue weighted by atomic mass is 9.50. The van der Waals surface area contributed by atoms with Crippen LogP contribution in [0.2, 0.25) is 5.02 Å². The molecule has 2 fully saturated rings. The largest absolute Gasteiger partial charge is 0.453 e. The zero-order valence-corrected chi connectivity index (χ0v) is 17.7. The Bertz CT molecular complexity index is 1140. The van der Waals surface area contributed by atoms with E-state index in [-0.39, 0.29) is 17.2 Å². The molecule has 1 spiro atoms. The zero-order valence-electron chi connectivity index (χ0n) is 16.1. The van der Waals surface area contributed by atoms with Crippen LogP contribution in [-0.2, 0) is 0 Å². The van der Waals surface area contributed by atoms with E-state index < -0.39 is 23.9 Å². The third-order valence-corrected chi connectivity index (χ3v) is 7.63. The summed E-state index contributed by atoms with van der Waals surface area (Å²) in [5.74, 6) is -1.09. The smallest absolute Gasteiger partial charge is 0.421 e. The predicted molar refractivity (Wildman–Crippen MR) is 109 cm³/mol. The van der Waals surface area contributed by atoms with Crippen molar-refractivity contribution in [2.24, 2.45) is 5.41 Å². The summed E-state index contributed by atoms with van der Waals surface area (Å²) < 4.78 is 43.7. The highest BCUT2D eigenvalue weighted by molar-refractivity contribution is 7.18. The molecule has 10 heteroatoms. The summed E-state index contributed by atoms with van der Waals surface area (Å²) in [5.41, 5.74) is 1.11. The fourth-order valence-corrected chi connectivity index (χ4v) is 5.93. The Morgan fingerprint density at radius 3 is 2.71 bits per heavy atom. The van der Waals surface area contributed by atoms with Crippen LogP contribution in [0.25, 0.3) is 10.2 Å². The number of furan rings is 1. The number of benzene rings is 1. The first-order valence-corrected chi connectivity index (χ1v) is 11.0. The van der Waals surface area contributed by atoms with Crippen LogP contribution in [0.15, 0.2) is 34.7 Å². The lowest BCUT2D eigenvalue weighted by Gasteiger charge is -2.57. The summed E-state index contributed by atoms with van der Waals surface area (Å²) in [6.07, 6.45) is -3.92. The second kappa shape index (κ2) is 7.21. The highest BCUT2D eigenvalue weighted by Gasteiger charge is 2.54. The molecule has 2 aliphatic carbocycles. The van der Waals surface area contributed by atoms with Gasteiger partial charge in [0.05, 0.1) is 15.2 Å². The van der Waals surface area contributed by atoms with Gasteiger partial charge in [-0.25, -0.2) is 4.98 Å². The highest BCUT2D eigenvalue weighted by Crippen LogP contribution is 2.62. The number of aliphatic hydroxyl groups excluding tert-OH is 1. The molecule has 0 aliphatic heterocycles. The first-order valence-electron chi connectivity index (χ1n) is 9.83. The van der Waals surface area contributed by atoms with Crippen LogP contribution in [0.1, 0.15) is 59.0 Å². The van der Waals surface area contributed by atoms with Crippen molar-refractivity contribution in [2.45, 2.75) is 49.9 Å². The van der Waals surface area contributed by atoms with E-state index in [9.17, 15) is 23.1 Å². The van der Waals surface area contributed by atoms with E-state index in [1.807, 2.05) is 18.2 Å². The van der Waals surface area contributed by atoms with Crippen molar-refractivity contribution in [3.63, 3.8) is 0 Å². The molecule has 0 radical (unpaired) electrons. The number of nitrogens with one attached hydrogen (secondary N) is 1. The number of thiazole rings is 1. The molecule has 0 saturated heterocycles. The number of aliphatic hydroxyl groups is 1. The van der Waals surface area contributed by atoms with E-state index in [0.29, 0.717) is 10.9 Å². The van der Waals surface area contributed by atoms with Crippen LogP contribution in [0.3, 0.4) is 0 Å². The summed E-state index contributed by atoms with van der Waals surface area (Å²) >= 11 is 7.72. The number of hydrogen-bond acceptors (Lipinski definition) is 5. The van der Waals surface area contributed by atoms with Gasteiger partial charge in [0, 0.05) is 17.0 Å². The number of rotatable bonds is 4. The molecule has 3 aromatic rings. The Morgan fingerprint density at radius 1 is 1.26 bits per heavy atom. The Labute approximate surface area is 184 Å². The molecule has 5 nitrogen and oxygen atoms in total. The van der Waals surface area contributed by atoms with Crippen molar-refractivity contribution in [1.29, 1.82) is 0 Å². The average molecular weight is 471 g/mol. The standard InChI is InChI=1S/C21H18ClF3N2O3S/c22-11-1-4-16-13(5-11)27-19(31-16)10-6-20(7-10)8-12(9-20)26-18(29)15-3-2-14(30-15)17(28)21(23,24)25/h1-5,10,12,17,28H,6-9H2,(H,26,29). The van der Waals surface area contributed by atoms with Crippen molar-refractivity contribution >= 4 is 39.1 Å². The Hall–Kier alpha value is -2.10. The molecule has 0 bridgehead atoms. The van der Waals surface area contributed by atoms with E-state index in [1.165, 1.54) is 0 Å². The van der Waals surface area contributed by atoms with E-state index in [4.69, 9.17) is 21.0 Å². The molecule has 2 saturated carbocycles. The quantitative estimate of drug-likeness (QED) is 0.521. The molecular weight excluding hydrogens is 453 g/mol. The topological polar surface area (TPSA) is 75.4 Å². The molecule has 2 heterocycles. The fourth-order valence-electron chi connectivity index (χ4n) is 4.71. The van der Waals surface area contributed by atoms with Crippen LogP contribution in [0.5, 0.6) is 0 Å². The number of nitrogens with zero attached hydrogens (tertiary/aromatic N) is 1. The summed E-state index contributed by atoms with van der Waals surface area (Å²) in [6.45, 7) is 0.